The van der Waals surface area contributed by atoms with Crippen molar-refractivity contribution in [3.05, 3.63) is 58.1 Å². The summed E-state index contributed by atoms with van der Waals surface area (Å²) in [5.41, 5.74) is 0.372. The fourth-order valence-electron chi connectivity index (χ4n) is 3.88. The predicted octanol–water partition coefficient (Wildman–Crippen LogP) is 3.49. The summed E-state index contributed by atoms with van der Waals surface area (Å²) in [5, 5.41) is 3.50. The second-order valence-corrected chi connectivity index (χ2v) is 10.7. The number of halogens is 2. The Morgan fingerprint density at radius 2 is 1.81 bits per heavy atom. The van der Waals surface area contributed by atoms with Gasteiger partial charge in [-0.2, -0.15) is 0 Å². The summed E-state index contributed by atoms with van der Waals surface area (Å²) in [4.78, 5) is 12.8. The van der Waals surface area contributed by atoms with Crippen LogP contribution in [0.3, 0.4) is 0 Å². The maximum Gasteiger partial charge on any atom is 0.224 e. The van der Waals surface area contributed by atoms with Crippen LogP contribution in [0.2, 0.25) is 10.0 Å². The fraction of sp³-hybridized carbons (Fsp3) is 0.409. The number of sulfonamides is 1. The standard InChI is InChI=1S/C22H24Cl2N2O5S/c23-18-6-3-7-19(24)17(18)14-32(28,29)26-10-4-5-15(12-26)22(27)25-11-16-13-30-20-8-1-2-9-21(20)31-16/h1-3,6-9,15-16H,4-5,10-14H2,(H,25,27)/t15-,16+/m1/s1. The van der Waals surface area contributed by atoms with E-state index in [2.05, 4.69) is 5.32 Å². The Bertz CT molecular complexity index is 1080. The number of hydrogen-bond donors (Lipinski definition) is 1. The van der Waals surface area contributed by atoms with Crippen LogP contribution in [0, 0.1) is 5.92 Å². The molecule has 2 aromatic carbocycles. The summed E-state index contributed by atoms with van der Waals surface area (Å²) in [6, 6.07) is 12.3. The van der Waals surface area contributed by atoms with Gasteiger partial charge < -0.3 is 14.8 Å². The minimum Gasteiger partial charge on any atom is -0.486 e. The molecule has 0 saturated carbocycles. The number of amides is 1. The lowest BCUT2D eigenvalue weighted by molar-refractivity contribution is -0.126. The zero-order valence-electron chi connectivity index (χ0n) is 17.3. The average molecular weight is 499 g/mol. The Labute approximate surface area is 197 Å². The lowest BCUT2D eigenvalue weighted by atomic mass is 9.99. The van der Waals surface area contributed by atoms with E-state index in [4.69, 9.17) is 32.7 Å². The van der Waals surface area contributed by atoms with Gasteiger partial charge >= 0.3 is 0 Å². The normalized spacial score (nSPS) is 21.2. The van der Waals surface area contributed by atoms with Gasteiger partial charge in [-0.1, -0.05) is 41.4 Å². The first kappa shape index (κ1) is 23.2. The molecule has 2 aliphatic heterocycles. The van der Waals surface area contributed by atoms with Crippen molar-refractivity contribution in [3.63, 3.8) is 0 Å². The lowest BCUT2D eigenvalue weighted by Crippen LogP contribution is -2.48. The number of rotatable bonds is 6. The summed E-state index contributed by atoms with van der Waals surface area (Å²) >= 11 is 12.3. The minimum absolute atomic E-state index is 0.126. The maximum atomic E-state index is 13.0. The van der Waals surface area contributed by atoms with Crippen LogP contribution in [0.25, 0.3) is 0 Å². The van der Waals surface area contributed by atoms with Crippen LogP contribution in [-0.4, -0.2) is 51.0 Å². The zero-order chi connectivity index (χ0) is 22.7. The van der Waals surface area contributed by atoms with Gasteiger partial charge in [0.15, 0.2) is 11.5 Å². The highest BCUT2D eigenvalue weighted by atomic mass is 35.5. The number of ether oxygens (including phenoxy) is 2. The highest BCUT2D eigenvalue weighted by molar-refractivity contribution is 7.88. The molecule has 7 nitrogen and oxygen atoms in total. The van der Waals surface area contributed by atoms with Gasteiger partial charge in [0.25, 0.3) is 0 Å². The van der Waals surface area contributed by atoms with Crippen LogP contribution in [0.4, 0.5) is 0 Å². The van der Waals surface area contributed by atoms with E-state index in [1.165, 1.54) is 4.31 Å². The SMILES string of the molecule is O=C(NC[C@H]1COc2ccccc2O1)[C@@H]1CCCN(S(=O)(=O)Cc2c(Cl)cccc2Cl)C1. The number of piperidine rings is 1. The van der Waals surface area contributed by atoms with Gasteiger partial charge in [0.05, 0.1) is 18.2 Å². The van der Waals surface area contributed by atoms with Crippen molar-refractivity contribution in [1.82, 2.24) is 9.62 Å². The van der Waals surface area contributed by atoms with E-state index in [1.54, 1.807) is 18.2 Å². The van der Waals surface area contributed by atoms with Crippen LogP contribution >= 0.6 is 23.2 Å². The molecule has 0 bridgehead atoms. The van der Waals surface area contributed by atoms with Gasteiger partial charge in [-0.15, -0.1) is 0 Å². The number of para-hydroxylation sites is 2. The van der Waals surface area contributed by atoms with Crippen molar-refractivity contribution in [2.75, 3.05) is 26.2 Å². The molecule has 32 heavy (non-hydrogen) atoms. The Morgan fingerprint density at radius 1 is 1.09 bits per heavy atom. The first-order valence-corrected chi connectivity index (χ1v) is 12.8. The molecule has 2 aliphatic rings. The molecule has 1 fully saturated rings. The van der Waals surface area contributed by atoms with Crippen LogP contribution < -0.4 is 14.8 Å². The van der Waals surface area contributed by atoms with Crippen molar-refractivity contribution in [3.8, 4) is 11.5 Å². The van der Waals surface area contributed by atoms with Crippen LogP contribution in [0.15, 0.2) is 42.5 Å². The van der Waals surface area contributed by atoms with Gasteiger partial charge in [0, 0.05) is 28.7 Å². The van der Waals surface area contributed by atoms with Crippen LogP contribution in [0.1, 0.15) is 18.4 Å². The van der Waals surface area contributed by atoms with E-state index in [-0.39, 0.29) is 30.9 Å². The summed E-state index contributed by atoms with van der Waals surface area (Å²) in [6.07, 6.45) is 0.916. The van der Waals surface area contributed by atoms with E-state index in [0.717, 1.165) is 0 Å². The number of hydrogen-bond acceptors (Lipinski definition) is 5. The van der Waals surface area contributed by atoms with Crippen molar-refractivity contribution in [2.45, 2.75) is 24.7 Å². The average Bonchev–Trinajstić information content (AvgIpc) is 2.80. The molecule has 10 heteroatoms. The summed E-state index contributed by atoms with van der Waals surface area (Å²) in [5.74, 6) is 0.403. The smallest absolute Gasteiger partial charge is 0.224 e. The highest BCUT2D eigenvalue weighted by Gasteiger charge is 2.33. The molecule has 172 valence electrons. The second-order valence-electron chi connectivity index (χ2n) is 7.90. The van der Waals surface area contributed by atoms with Crippen molar-refractivity contribution < 1.29 is 22.7 Å². The molecule has 1 amide bonds. The number of nitrogens with zero attached hydrogens (tertiary/aromatic N) is 1. The number of benzene rings is 2. The molecular weight excluding hydrogens is 475 g/mol. The quantitative estimate of drug-likeness (QED) is 0.658. The molecule has 2 atom stereocenters. The van der Waals surface area contributed by atoms with Gasteiger partial charge in [-0.05, 0) is 37.1 Å². The Hall–Kier alpha value is -2.00. The largest absolute Gasteiger partial charge is 0.486 e. The molecule has 2 aromatic rings. The van der Waals surface area contributed by atoms with Gasteiger partial charge in [-0.3, -0.25) is 4.79 Å². The van der Waals surface area contributed by atoms with Gasteiger partial charge in [-0.25, -0.2) is 12.7 Å². The topological polar surface area (TPSA) is 84.9 Å². The van der Waals surface area contributed by atoms with Gasteiger partial charge in [0.2, 0.25) is 15.9 Å². The zero-order valence-corrected chi connectivity index (χ0v) is 19.6. The van der Waals surface area contributed by atoms with Gasteiger partial charge in [0.1, 0.15) is 12.7 Å². The molecule has 0 aliphatic carbocycles. The van der Waals surface area contributed by atoms with Crippen LogP contribution in [-0.2, 0) is 20.6 Å². The molecule has 1 saturated heterocycles. The Kier molecular flexibility index (Phi) is 7.14. The van der Waals surface area contributed by atoms with Crippen molar-refractivity contribution >= 4 is 39.1 Å². The fourth-order valence-corrected chi connectivity index (χ4v) is 6.24. The molecule has 0 spiro atoms. The molecule has 0 aromatic heterocycles. The second kappa shape index (κ2) is 9.87. The third-order valence-electron chi connectivity index (χ3n) is 5.61. The number of carbonyl (C=O) groups is 1. The van der Waals surface area contributed by atoms with E-state index >= 15 is 0 Å². The summed E-state index contributed by atoms with van der Waals surface area (Å²) in [6.45, 7) is 1.11. The molecular formula is C22H24Cl2N2O5S. The monoisotopic (exact) mass is 498 g/mol. The molecule has 0 unspecified atom stereocenters. The number of carbonyl (C=O) groups excluding carboxylic acids is 1. The van der Waals surface area contributed by atoms with Crippen molar-refractivity contribution in [1.29, 1.82) is 0 Å². The number of fused-ring (bicyclic) bond motifs is 1. The first-order chi connectivity index (χ1) is 15.3. The molecule has 2 heterocycles. The third kappa shape index (κ3) is 5.31. The van der Waals surface area contributed by atoms with E-state index in [1.807, 2.05) is 24.3 Å². The first-order valence-electron chi connectivity index (χ1n) is 10.4. The summed E-state index contributed by atoms with van der Waals surface area (Å²) in [7, 11) is -3.68. The Balaban J connectivity index is 1.34. The van der Waals surface area contributed by atoms with Crippen LogP contribution in [0.5, 0.6) is 11.5 Å². The highest BCUT2D eigenvalue weighted by Crippen LogP contribution is 2.31. The summed E-state index contributed by atoms with van der Waals surface area (Å²) < 4.78 is 38.9. The minimum atomic E-state index is -3.68. The Morgan fingerprint density at radius 3 is 2.56 bits per heavy atom. The third-order valence-corrected chi connectivity index (χ3v) is 8.09. The molecule has 4 rings (SSSR count). The van der Waals surface area contributed by atoms with E-state index in [9.17, 15) is 13.2 Å². The van der Waals surface area contributed by atoms with Crippen molar-refractivity contribution in [2.24, 2.45) is 5.92 Å². The number of nitrogens with one attached hydrogen (secondary N) is 1. The lowest BCUT2D eigenvalue weighted by Gasteiger charge is -2.32. The molecule has 0 radical (unpaired) electrons. The van der Waals surface area contributed by atoms with E-state index < -0.39 is 15.9 Å². The molecule has 1 N–H and O–H groups in total. The maximum absolute atomic E-state index is 13.0. The predicted molar refractivity (Wildman–Crippen MR) is 123 cm³/mol. The van der Waals surface area contributed by atoms with E-state index in [0.29, 0.717) is 53.1 Å².